The molecule has 10 heteroatoms. The number of hydrogen-bond donors (Lipinski definition) is 5. The van der Waals surface area contributed by atoms with Gasteiger partial charge in [-0.15, -0.1) is 0 Å². The van der Waals surface area contributed by atoms with Crippen molar-refractivity contribution in [1.29, 1.82) is 5.41 Å². The summed E-state index contributed by atoms with van der Waals surface area (Å²) < 4.78 is 16.7. The molecule has 2 aromatic heterocycles. The molecule has 0 unspecified atom stereocenters. The summed E-state index contributed by atoms with van der Waals surface area (Å²) in [6, 6.07) is 14.5. The second-order valence-electron chi connectivity index (χ2n) is 13.1. The first-order chi connectivity index (χ1) is 21.6. The van der Waals surface area contributed by atoms with Crippen molar-refractivity contribution in [3.8, 4) is 16.9 Å². The summed E-state index contributed by atoms with van der Waals surface area (Å²) in [5.74, 6) is 0.723. The van der Waals surface area contributed by atoms with Gasteiger partial charge >= 0.3 is 5.69 Å². The molecule has 3 heterocycles. The number of piperidine rings is 1. The summed E-state index contributed by atoms with van der Waals surface area (Å²) in [5, 5.41) is 15.9. The van der Waals surface area contributed by atoms with Gasteiger partial charge < -0.3 is 21.4 Å². The van der Waals surface area contributed by atoms with Gasteiger partial charge in [-0.05, 0) is 113 Å². The van der Waals surface area contributed by atoms with Crippen LogP contribution in [0.25, 0.3) is 28.0 Å². The zero-order valence-corrected chi connectivity index (χ0v) is 26.8. The zero-order chi connectivity index (χ0) is 31.7. The van der Waals surface area contributed by atoms with E-state index in [2.05, 4.69) is 32.7 Å². The van der Waals surface area contributed by atoms with E-state index >= 15 is 4.39 Å². The van der Waals surface area contributed by atoms with Crippen molar-refractivity contribution in [1.82, 2.24) is 25.2 Å². The Balaban J connectivity index is 1.19. The molecule has 45 heavy (non-hydrogen) atoms. The van der Waals surface area contributed by atoms with E-state index in [9.17, 15) is 4.79 Å². The maximum Gasteiger partial charge on any atom is 0.354 e. The van der Waals surface area contributed by atoms with Crippen molar-refractivity contribution >= 4 is 28.5 Å². The molecule has 8 nitrogen and oxygen atoms in total. The van der Waals surface area contributed by atoms with Crippen LogP contribution in [0.1, 0.15) is 82.4 Å². The molecular formula is C35H43ClFN7O. The van der Waals surface area contributed by atoms with Crippen LogP contribution >= 0.6 is 11.6 Å². The highest BCUT2D eigenvalue weighted by atomic mass is 35.5. The van der Waals surface area contributed by atoms with E-state index in [0.717, 1.165) is 56.2 Å². The molecule has 6 rings (SSSR count). The largest absolute Gasteiger partial charge is 0.371 e. The summed E-state index contributed by atoms with van der Waals surface area (Å²) in [6.07, 6.45) is 11.1. The summed E-state index contributed by atoms with van der Waals surface area (Å²) in [4.78, 5) is 20.5. The fraction of sp³-hybridized carbons (Fsp3) is 0.457. The van der Waals surface area contributed by atoms with Crippen LogP contribution in [0.15, 0.2) is 53.5 Å². The van der Waals surface area contributed by atoms with Crippen LogP contribution in [-0.4, -0.2) is 38.5 Å². The number of H-pyrrole nitrogens is 1. The number of nitrogens with one attached hydrogen (secondary N) is 4. The lowest BCUT2D eigenvalue weighted by Gasteiger charge is -2.34. The van der Waals surface area contributed by atoms with Gasteiger partial charge in [0.25, 0.3) is 0 Å². The fourth-order valence-corrected chi connectivity index (χ4v) is 6.97. The number of benzene rings is 2. The van der Waals surface area contributed by atoms with Crippen molar-refractivity contribution in [2.75, 3.05) is 0 Å². The molecule has 4 aromatic rings. The average molecular weight is 632 g/mol. The maximum absolute atomic E-state index is 15.2. The lowest BCUT2D eigenvalue weighted by atomic mass is 9.89. The van der Waals surface area contributed by atoms with Crippen LogP contribution in [0.3, 0.4) is 0 Å². The molecule has 4 atom stereocenters. The van der Waals surface area contributed by atoms with E-state index < -0.39 is 11.5 Å². The van der Waals surface area contributed by atoms with Gasteiger partial charge in [-0.3, -0.25) is 9.98 Å². The number of aromatic amines is 1. The number of rotatable bonds is 11. The van der Waals surface area contributed by atoms with Crippen molar-refractivity contribution < 1.29 is 4.39 Å². The van der Waals surface area contributed by atoms with Crippen LogP contribution < -0.4 is 22.1 Å². The number of nitrogens with zero attached hydrogens (tertiary/aromatic N) is 2. The van der Waals surface area contributed by atoms with Crippen LogP contribution in [0, 0.1) is 17.1 Å². The van der Waals surface area contributed by atoms with E-state index in [1.54, 1.807) is 18.3 Å². The third-order valence-corrected chi connectivity index (χ3v) is 9.47. The van der Waals surface area contributed by atoms with Gasteiger partial charge in [-0.25, -0.2) is 9.18 Å². The molecule has 1 saturated carbocycles. The van der Waals surface area contributed by atoms with Gasteiger partial charge in [-0.2, -0.15) is 4.98 Å². The molecule has 1 aliphatic heterocycles. The molecule has 1 saturated heterocycles. The Labute approximate surface area is 268 Å². The summed E-state index contributed by atoms with van der Waals surface area (Å²) in [6.45, 7) is 3.79. The first-order valence-electron chi connectivity index (χ1n) is 16.2. The van der Waals surface area contributed by atoms with Crippen LogP contribution in [0.5, 0.6) is 0 Å². The Kier molecular flexibility index (Phi) is 9.40. The van der Waals surface area contributed by atoms with Crippen LogP contribution in [0.4, 0.5) is 4.39 Å². The molecule has 0 bridgehead atoms. The van der Waals surface area contributed by atoms with Crippen LogP contribution in [-0.2, 0) is 6.42 Å². The van der Waals surface area contributed by atoms with Crippen LogP contribution in [0.2, 0.25) is 5.02 Å². The Morgan fingerprint density at radius 3 is 2.69 bits per heavy atom. The molecule has 0 radical (unpaired) electrons. The van der Waals surface area contributed by atoms with Gasteiger partial charge in [0, 0.05) is 41.3 Å². The topological polar surface area (TPSA) is 125 Å². The highest BCUT2D eigenvalue weighted by Gasteiger charge is 2.34. The molecule has 0 spiro atoms. The third kappa shape index (κ3) is 7.48. The lowest BCUT2D eigenvalue weighted by molar-refractivity contribution is 0.285. The fourth-order valence-electron chi connectivity index (χ4n) is 6.73. The number of fused-ring (bicyclic) bond motifs is 1. The van der Waals surface area contributed by atoms with E-state index in [1.807, 2.05) is 32.0 Å². The molecule has 1 aliphatic carbocycles. The predicted molar refractivity (Wildman–Crippen MR) is 180 cm³/mol. The van der Waals surface area contributed by atoms with E-state index in [-0.39, 0.29) is 17.1 Å². The molecule has 2 aromatic carbocycles. The number of amidine groups is 1. The SMILES string of the molecule is CC(=N)N[C@@H](C[C@@H]1CCC[C@@H](c2ccc(-n3cc4cc(-c5cc(CCC[C@H](C)N)cc(Cl)c5F)[nH]c4nc3=O)cc2)N1)C1CC1. The molecule has 6 N–H and O–H groups in total. The van der Waals surface area contributed by atoms with Gasteiger partial charge in [0.1, 0.15) is 5.65 Å². The van der Waals surface area contributed by atoms with Crippen molar-refractivity contribution in [3.63, 3.8) is 0 Å². The number of hydrogen-bond acceptors (Lipinski definition) is 5. The Morgan fingerprint density at radius 1 is 1.20 bits per heavy atom. The molecule has 2 fully saturated rings. The molecule has 238 valence electrons. The number of nitrogens with two attached hydrogens (primary N) is 1. The average Bonchev–Trinajstić information content (AvgIpc) is 3.78. The lowest BCUT2D eigenvalue weighted by Crippen LogP contribution is -2.44. The number of halogens is 2. The van der Waals surface area contributed by atoms with Crippen molar-refractivity contribution in [2.24, 2.45) is 11.7 Å². The minimum atomic E-state index is -0.507. The molecule has 0 amide bonds. The quantitative estimate of drug-likeness (QED) is 0.0922. The smallest absolute Gasteiger partial charge is 0.354 e. The predicted octanol–water partition coefficient (Wildman–Crippen LogP) is 6.78. The van der Waals surface area contributed by atoms with Gasteiger partial charge in [0.05, 0.1) is 22.2 Å². The minimum Gasteiger partial charge on any atom is -0.371 e. The molecule has 2 aliphatic rings. The van der Waals surface area contributed by atoms with Crippen molar-refractivity contribution in [2.45, 2.75) is 95.8 Å². The summed E-state index contributed by atoms with van der Waals surface area (Å²) in [5.41, 5.74) is 9.59. The minimum absolute atomic E-state index is 0.0641. The second kappa shape index (κ2) is 13.4. The van der Waals surface area contributed by atoms with Crippen molar-refractivity contribution in [3.05, 3.63) is 81.1 Å². The Bertz CT molecular complexity index is 1730. The first-order valence-corrected chi connectivity index (χ1v) is 16.6. The van der Waals surface area contributed by atoms with E-state index in [4.69, 9.17) is 22.7 Å². The molecular weight excluding hydrogens is 589 g/mol. The standard InChI is InChI=1S/C35H43ClFN7O/c1-20(38)5-3-6-22-15-28(33(37)29(36)16-22)32-17-25-19-44(35(45)43-34(25)42-32)27-13-11-23(12-14-27)30-8-4-7-26(41-30)18-31(24-9-10-24)40-21(2)39/h11-17,19-20,24,26,30-31,41H,3-10,18,38H2,1-2H3,(H2,39,40)(H,42,43,45)/t20-,26-,30-,31-/m0/s1. The highest BCUT2D eigenvalue weighted by molar-refractivity contribution is 6.31. The zero-order valence-electron chi connectivity index (χ0n) is 26.0. The Hall–Kier alpha value is -3.53. The monoisotopic (exact) mass is 631 g/mol. The second-order valence-corrected chi connectivity index (χ2v) is 13.5. The Morgan fingerprint density at radius 2 is 1.98 bits per heavy atom. The third-order valence-electron chi connectivity index (χ3n) is 9.20. The number of aromatic nitrogens is 3. The highest BCUT2D eigenvalue weighted by Crippen LogP contribution is 2.37. The maximum atomic E-state index is 15.2. The first kappa shape index (κ1) is 31.5. The van der Waals surface area contributed by atoms with E-state index in [1.165, 1.54) is 23.0 Å². The van der Waals surface area contributed by atoms with Gasteiger partial charge in [-0.1, -0.05) is 30.2 Å². The summed E-state index contributed by atoms with van der Waals surface area (Å²) in [7, 11) is 0. The number of aryl methyl sites for hydroxylation is 1. The van der Waals surface area contributed by atoms with E-state index in [0.29, 0.717) is 46.1 Å². The van der Waals surface area contributed by atoms with Gasteiger partial charge in [0.15, 0.2) is 5.82 Å². The van der Waals surface area contributed by atoms with Gasteiger partial charge in [0.2, 0.25) is 0 Å². The summed E-state index contributed by atoms with van der Waals surface area (Å²) >= 11 is 6.27. The normalized spacial score (nSPS) is 19.8.